The number of nitrogens with zero attached hydrogens (tertiary/aromatic N) is 4. The number of rotatable bonds is 4. The van der Waals surface area contributed by atoms with Gasteiger partial charge in [-0.15, -0.1) is 11.3 Å². The lowest BCUT2D eigenvalue weighted by atomic mass is 10.00. The summed E-state index contributed by atoms with van der Waals surface area (Å²) in [4.78, 5) is 36.0. The van der Waals surface area contributed by atoms with Crippen LogP contribution in [-0.2, 0) is 10.3 Å². The summed E-state index contributed by atoms with van der Waals surface area (Å²) in [7, 11) is 0. The molecule has 4 rings (SSSR count). The predicted octanol–water partition coefficient (Wildman–Crippen LogP) is 1.84. The molecule has 0 unspecified atom stereocenters. The summed E-state index contributed by atoms with van der Waals surface area (Å²) in [6, 6.07) is 7.33. The fraction of sp³-hybridized carbons (Fsp3) is 0.150. The number of halogens is 1. The van der Waals surface area contributed by atoms with Crippen LogP contribution in [0.4, 0.5) is 0 Å². The quantitative estimate of drug-likeness (QED) is 0.538. The van der Waals surface area contributed by atoms with Gasteiger partial charge in [-0.1, -0.05) is 17.7 Å². The van der Waals surface area contributed by atoms with E-state index >= 15 is 0 Å². The fourth-order valence-electron chi connectivity index (χ4n) is 2.80. The number of H-pyrrole nitrogens is 1. The van der Waals surface area contributed by atoms with Crippen LogP contribution in [-0.4, -0.2) is 30.5 Å². The molecule has 1 aromatic carbocycles. The first-order valence-corrected chi connectivity index (χ1v) is 9.90. The van der Waals surface area contributed by atoms with E-state index in [4.69, 9.17) is 11.6 Å². The molecule has 0 amide bonds. The van der Waals surface area contributed by atoms with Gasteiger partial charge >= 0.3 is 0 Å². The van der Waals surface area contributed by atoms with E-state index in [1.807, 2.05) is 18.2 Å². The third-order valence-electron chi connectivity index (χ3n) is 4.55. The number of ketones is 1. The van der Waals surface area contributed by atoms with Crippen molar-refractivity contribution in [2.45, 2.75) is 19.4 Å². The molecule has 0 atom stereocenters. The molecular formula is C20H16ClN5O2S. The molecule has 29 heavy (non-hydrogen) atoms. The van der Waals surface area contributed by atoms with E-state index in [2.05, 4.69) is 20.1 Å². The highest BCUT2D eigenvalue weighted by Gasteiger charge is 2.28. The zero-order valence-electron chi connectivity index (χ0n) is 15.6. The second-order valence-electron chi connectivity index (χ2n) is 6.91. The highest BCUT2D eigenvalue weighted by molar-refractivity contribution is 7.07. The molecule has 7 nitrogen and oxygen atoms in total. The van der Waals surface area contributed by atoms with Gasteiger partial charge < -0.3 is 4.98 Å². The predicted molar refractivity (Wildman–Crippen MR) is 113 cm³/mol. The zero-order valence-corrected chi connectivity index (χ0v) is 17.2. The number of Topliss-reactive ketones (excluding diaryl/α,β-unsaturated/α-hetero) is 1. The number of carbonyl (C=O) groups is 1. The van der Waals surface area contributed by atoms with Crippen LogP contribution in [0.3, 0.4) is 0 Å². The average molecular weight is 426 g/mol. The number of carbonyl (C=O) groups excluding carboxylic acids is 1. The van der Waals surface area contributed by atoms with E-state index in [1.54, 1.807) is 32.2 Å². The number of aromatic nitrogens is 5. The van der Waals surface area contributed by atoms with Crippen LogP contribution >= 0.6 is 22.9 Å². The lowest BCUT2D eigenvalue weighted by Gasteiger charge is -2.20. The van der Waals surface area contributed by atoms with Crippen molar-refractivity contribution in [3.05, 3.63) is 73.3 Å². The number of thiazole rings is 1. The Kier molecular flexibility index (Phi) is 4.89. The van der Waals surface area contributed by atoms with E-state index in [9.17, 15) is 9.59 Å². The molecule has 4 aromatic rings. The van der Waals surface area contributed by atoms with Crippen molar-refractivity contribution in [1.82, 2.24) is 24.7 Å². The van der Waals surface area contributed by atoms with Gasteiger partial charge in [0.05, 0.1) is 19.7 Å². The largest absolute Gasteiger partial charge is 0.313 e. The van der Waals surface area contributed by atoms with Crippen LogP contribution in [0.15, 0.2) is 47.9 Å². The molecule has 0 aliphatic heterocycles. The van der Waals surface area contributed by atoms with Gasteiger partial charge in [0.1, 0.15) is 18.2 Å². The number of hydrogen-bond donors (Lipinski definition) is 1. The average Bonchev–Trinajstić information content (AvgIpc) is 3.33. The van der Waals surface area contributed by atoms with Gasteiger partial charge in [-0.3, -0.25) is 14.6 Å². The van der Waals surface area contributed by atoms with Crippen LogP contribution in [0.5, 0.6) is 0 Å². The van der Waals surface area contributed by atoms with Crippen LogP contribution in [0, 0.1) is 0 Å². The van der Waals surface area contributed by atoms with Crippen molar-refractivity contribution in [2.75, 3.05) is 0 Å². The molecule has 0 saturated carbocycles. The van der Waals surface area contributed by atoms with Crippen LogP contribution in [0.1, 0.15) is 19.4 Å². The molecular weight excluding hydrogens is 410 g/mol. The molecule has 0 aliphatic carbocycles. The zero-order chi connectivity index (χ0) is 20.6. The number of hydrogen-bond acceptors (Lipinski definition) is 6. The minimum Gasteiger partial charge on any atom is -0.313 e. The van der Waals surface area contributed by atoms with E-state index in [-0.39, 0.29) is 11.3 Å². The Morgan fingerprint density at radius 1 is 1.31 bits per heavy atom. The standard InChI is InChI=1S/C20H16ClN5O2S/c1-20(2,26-11-22-10-24-26)17(27)9-18-25-19(28)16(29-18)8-12-3-4-15-13(7-12)14(21)5-6-23-15/h3-11H,1-2H3,(H,25,28)/b16-8-,18-9+. The van der Waals surface area contributed by atoms with Crippen molar-refractivity contribution in [1.29, 1.82) is 0 Å². The summed E-state index contributed by atoms with van der Waals surface area (Å²) in [5, 5.41) is 5.45. The summed E-state index contributed by atoms with van der Waals surface area (Å²) < 4.78 is 2.44. The molecule has 0 spiro atoms. The summed E-state index contributed by atoms with van der Waals surface area (Å²) in [6.45, 7) is 3.48. The molecule has 0 bridgehead atoms. The Bertz CT molecular complexity index is 1390. The Morgan fingerprint density at radius 2 is 2.14 bits per heavy atom. The third-order valence-corrected chi connectivity index (χ3v) is 5.84. The van der Waals surface area contributed by atoms with Gasteiger partial charge in [-0.05, 0) is 43.7 Å². The van der Waals surface area contributed by atoms with Gasteiger partial charge in [0.15, 0.2) is 5.78 Å². The van der Waals surface area contributed by atoms with Crippen molar-refractivity contribution >= 4 is 51.8 Å². The SMILES string of the molecule is CC(C)(C(=O)/C=c1\[nH]c(=O)/c(=C/c2ccc3nccc(Cl)c3c2)s1)n1cncn1. The molecule has 1 N–H and O–H groups in total. The van der Waals surface area contributed by atoms with Crippen LogP contribution < -0.4 is 14.8 Å². The lowest BCUT2D eigenvalue weighted by Crippen LogP contribution is -2.36. The van der Waals surface area contributed by atoms with Gasteiger partial charge in [0.25, 0.3) is 5.56 Å². The van der Waals surface area contributed by atoms with Crippen LogP contribution in [0.2, 0.25) is 5.02 Å². The summed E-state index contributed by atoms with van der Waals surface area (Å²) in [5.74, 6) is -0.199. The topological polar surface area (TPSA) is 93.5 Å². The normalized spacial score (nSPS) is 13.3. The minimum atomic E-state index is -0.913. The number of pyridine rings is 1. The van der Waals surface area contributed by atoms with Crippen molar-refractivity contribution in [2.24, 2.45) is 0 Å². The molecule has 0 fully saturated rings. The third kappa shape index (κ3) is 3.76. The number of benzene rings is 1. The van der Waals surface area contributed by atoms with E-state index < -0.39 is 5.54 Å². The molecule has 3 aromatic heterocycles. The molecule has 0 saturated heterocycles. The molecule has 3 heterocycles. The molecule has 0 radical (unpaired) electrons. The van der Waals surface area contributed by atoms with Gasteiger partial charge in [0, 0.05) is 17.7 Å². The van der Waals surface area contributed by atoms with Gasteiger partial charge in [0.2, 0.25) is 0 Å². The summed E-state index contributed by atoms with van der Waals surface area (Å²) in [5.41, 5.74) is 0.429. The van der Waals surface area contributed by atoms with Gasteiger partial charge in [-0.2, -0.15) is 5.10 Å². The summed E-state index contributed by atoms with van der Waals surface area (Å²) >= 11 is 7.45. The highest BCUT2D eigenvalue weighted by atomic mass is 35.5. The maximum Gasteiger partial charge on any atom is 0.266 e. The van der Waals surface area contributed by atoms with E-state index in [0.29, 0.717) is 14.2 Å². The Hall–Kier alpha value is -3.10. The second-order valence-corrected chi connectivity index (χ2v) is 8.40. The maximum absolute atomic E-state index is 12.7. The molecule has 0 aliphatic rings. The smallest absolute Gasteiger partial charge is 0.266 e. The number of aromatic amines is 1. The first kappa shape index (κ1) is 19.2. The maximum atomic E-state index is 12.7. The fourth-order valence-corrected chi connectivity index (χ4v) is 3.89. The highest BCUT2D eigenvalue weighted by Crippen LogP contribution is 2.22. The first-order chi connectivity index (χ1) is 13.8. The summed E-state index contributed by atoms with van der Waals surface area (Å²) in [6.07, 6.45) is 7.70. The van der Waals surface area contributed by atoms with Crippen molar-refractivity contribution < 1.29 is 4.79 Å². The Morgan fingerprint density at radius 3 is 2.90 bits per heavy atom. The number of nitrogens with one attached hydrogen (secondary N) is 1. The Labute approximate surface area is 174 Å². The lowest BCUT2D eigenvalue weighted by molar-refractivity contribution is -0.120. The minimum absolute atomic E-state index is 0.199. The van der Waals surface area contributed by atoms with E-state index in [0.717, 1.165) is 16.5 Å². The van der Waals surface area contributed by atoms with E-state index in [1.165, 1.54) is 34.7 Å². The van der Waals surface area contributed by atoms with Crippen LogP contribution in [0.25, 0.3) is 23.1 Å². The molecule has 9 heteroatoms. The van der Waals surface area contributed by atoms with Crippen molar-refractivity contribution in [3.8, 4) is 0 Å². The Balaban J connectivity index is 1.73. The van der Waals surface area contributed by atoms with Crippen molar-refractivity contribution in [3.63, 3.8) is 0 Å². The first-order valence-electron chi connectivity index (χ1n) is 8.71. The monoisotopic (exact) mass is 425 g/mol. The molecule has 146 valence electrons. The van der Waals surface area contributed by atoms with Gasteiger partial charge in [-0.25, -0.2) is 9.67 Å². The number of fused-ring (bicyclic) bond motifs is 1. The second kappa shape index (κ2) is 7.38.